The fraction of sp³-hybridized carbons (Fsp3) is 0.333. The first-order chi connectivity index (χ1) is 8.19. The van der Waals surface area contributed by atoms with Crippen LogP contribution in [-0.2, 0) is 9.53 Å². The Morgan fingerprint density at radius 3 is 2.53 bits per heavy atom. The fourth-order valence-electron chi connectivity index (χ4n) is 1.33. The minimum Gasteiger partial charge on any atom is -0.467 e. The molecule has 1 aromatic rings. The quantitative estimate of drug-likeness (QED) is 0.642. The van der Waals surface area contributed by atoms with Crippen LogP contribution in [0.2, 0.25) is 0 Å². The molecule has 0 fully saturated rings. The Bertz CT molecular complexity index is 381. The van der Waals surface area contributed by atoms with Crippen LogP contribution >= 0.6 is 11.6 Å². The summed E-state index contributed by atoms with van der Waals surface area (Å²) in [5, 5.41) is 2.59. The third-order valence-electron chi connectivity index (χ3n) is 2.22. The van der Waals surface area contributed by atoms with Gasteiger partial charge in [0.1, 0.15) is 6.04 Å². The van der Waals surface area contributed by atoms with Crippen molar-refractivity contribution in [1.29, 1.82) is 0 Å². The predicted octanol–water partition coefficient (Wildman–Crippen LogP) is 1.59. The van der Waals surface area contributed by atoms with E-state index in [9.17, 15) is 9.59 Å². The largest absolute Gasteiger partial charge is 0.467 e. The maximum Gasteiger partial charge on any atom is 0.328 e. The average molecular weight is 256 g/mol. The van der Waals surface area contributed by atoms with Crippen molar-refractivity contribution in [1.82, 2.24) is 5.32 Å². The van der Waals surface area contributed by atoms with Crippen LogP contribution in [0.4, 0.5) is 0 Å². The van der Waals surface area contributed by atoms with E-state index >= 15 is 0 Å². The molecule has 0 aromatic heterocycles. The Morgan fingerprint density at radius 2 is 2.00 bits per heavy atom. The molecular weight excluding hydrogens is 242 g/mol. The number of hydrogen-bond acceptors (Lipinski definition) is 3. The summed E-state index contributed by atoms with van der Waals surface area (Å²) in [6, 6.07) is 7.96. The SMILES string of the molecule is COC(=O)[C@H](CCCl)NC(=O)c1ccccc1. The molecule has 4 nitrogen and oxygen atoms in total. The lowest BCUT2D eigenvalue weighted by molar-refractivity contribution is -0.142. The molecule has 0 bridgehead atoms. The average Bonchev–Trinajstić information content (AvgIpc) is 2.38. The van der Waals surface area contributed by atoms with Crippen molar-refractivity contribution >= 4 is 23.5 Å². The molecule has 0 aliphatic carbocycles. The Hall–Kier alpha value is -1.55. The Kier molecular flexibility index (Phi) is 5.49. The molecule has 1 amide bonds. The van der Waals surface area contributed by atoms with E-state index in [0.29, 0.717) is 12.0 Å². The number of rotatable bonds is 5. The molecule has 0 spiro atoms. The molecule has 0 radical (unpaired) electrons. The third kappa shape index (κ3) is 4.07. The van der Waals surface area contributed by atoms with E-state index in [-0.39, 0.29) is 11.8 Å². The van der Waals surface area contributed by atoms with Crippen molar-refractivity contribution in [2.24, 2.45) is 0 Å². The topological polar surface area (TPSA) is 55.4 Å². The summed E-state index contributed by atoms with van der Waals surface area (Å²) >= 11 is 5.57. The molecule has 0 aliphatic rings. The zero-order valence-electron chi connectivity index (χ0n) is 9.48. The van der Waals surface area contributed by atoms with E-state index in [1.165, 1.54) is 7.11 Å². The van der Waals surface area contributed by atoms with Gasteiger partial charge in [0, 0.05) is 11.4 Å². The van der Waals surface area contributed by atoms with Crippen molar-refractivity contribution < 1.29 is 14.3 Å². The molecular formula is C12H14ClNO3. The minimum absolute atomic E-state index is 0.273. The smallest absolute Gasteiger partial charge is 0.328 e. The van der Waals surface area contributed by atoms with Gasteiger partial charge < -0.3 is 10.1 Å². The van der Waals surface area contributed by atoms with Crippen LogP contribution in [0.5, 0.6) is 0 Å². The number of hydrogen-bond donors (Lipinski definition) is 1. The number of ether oxygens (including phenoxy) is 1. The van der Waals surface area contributed by atoms with E-state index in [1.54, 1.807) is 24.3 Å². The number of nitrogens with one attached hydrogen (secondary N) is 1. The molecule has 1 atom stereocenters. The van der Waals surface area contributed by atoms with Crippen LogP contribution in [0.3, 0.4) is 0 Å². The molecule has 0 aliphatic heterocycles. The first-order valence-electron chi connectivity index (χ1n) is 5.18. The Morgan fingerprint density at radius 1 is 1.35 bits per heavy atom. The normalized spacial score (nSPS) is 11.6. The molecule has 1 N–H and O–H groups in total. The molecule has 1 rings (SSSR count). The predicted molar refractivity (Wildman–Crippen MR) is 65.0 cm³/mol. The van der Waals surface area contributed by atoms with E-state index < -0.39 is 12.0 Å². The van der Waals surface area contributed by atoms with E-state index in [2.05, 4.69) is 10.1 Å². The fourth-order valence-corrected chi connectivity index (χ4v) is 1.55. The minimum atomic E-state index is -0.704. The van der Waals surface area contributed by atoms with Gasteiger partial charge in [-0.2, -0.15) is 0 Å². The van der Waals surface area contributed by atoms with Crippen LogP contribution in [0.25, 0.3) is 0 Å². The number of esters is 1. The van der Waals surface area contributed by atoms with Gasteiger partial charge in [-0.05, 0) is 18.6 Å². The van der Waals surface area contributed by atoms with E-state index in [4.69, 9.17) is 11.6 Å². The Labute approximate surface area is 105 Å². The van der Waals surface area contributed by atoms with Gasteiger partial charge in [0.15, 0.2) is 0 Å². The molecule has 0 heterocycles. The van der Waals surface area contributed by atoms with Gasteiger partial charge in [-0.25, -0.2) is 4.79 Å². The molecule has 17 heavy (non-hydrogen) atoms. The summed E-state index contributed by atoms with van der Waals surface area (Å²) in [4.78, 5) is 23.2. The van der Waals surface area contributed by atoms with Crippen molar-refractivity contribution in [2.75, 3.05) is 13.0 Å². The van der Waals surface area contributed by atoms with Gasteiger partial charge in [-0.3, -0.25) is 4.79 Å². The summed E-state index contributed by atoms with van der Waals surface area (Å²) in [6.07, 6.45) is 0.340. The van der Waals surface area contributed by atoms with Crippen LogP contribution in [0.1, 0.15) is 16.8 Å². The summed E-state index contributed by atoms with van der Waals surface area (Å²) in [5.41, 5.74) is 0.496. The maximum absolute atomic E-state index is 11.8. The molecule has 0 saturated heterocycles. The van der Waals surface area contributed by atoms with Crippen molar-refractivity contribution in [3.8, 4) is 0 Å². The lowest BCUT2D eigenvalue weighted by atomic mass is 10.1. The highest BCUT2D eigenvalue weighted by atomic mass is 35.5. The summed E-state index contributed by atoms with van der Waals surface area (Å²) in [6.45, 7) is 0. The van der Waals surface area contributed by atoms with Crippen LogP contribution in [0, 0.1) is 0 Å². The molecule has 0 unspecified atom stereocenters. The van der Waals surface area contributed by atoms with Crippen molar-refractivity contribution in [3.05, 3.63) is 35.9 Å². The highest BCUT2D eigenvalue weighted by Crippen LogP contribution is 2.02. The first kappa shape index (κ1) is 13.5. The molecule has 92 valence electrons. The first-order valence-corrected chi connectivity index (χ1v) is 5.72. The van der Waals surface area contributed by atoms with Crippen LogP contribution < -0.4 is 5.32 Å². The zero-order chi connectivity index (χ0) is 12.7. The number of carbonyl (C=O) groups excluding carboxylic acids is 2. The van der Waals surface area contributed by atoms with Crippen LogP contribution in [-0.4, -0.2) is 30.9 Å². The zero-order valence-corrected chi connectivity index (χ0v) is 10.2. The maximum atomic E-state index is 11.8. The van der Waals surface area contributed by atoms with E-state index in [1.807, 2.05) is 6.07 Å². The molecule has 0 saturated carbocycles. The molecule has 5 heteroatoms. The van der Waals surface area contributed by atoms with Gasteiger partial charge in [-0.15, -0.1) is 11.6 Å². The highest BCUT2D eigenvalue weighted by molar-refractivity contribution is 6.18. The second kappa shape index (κ2) is 6.91. The highest BCUT2D eigenvalue weighted by Gasteiger charge is 2.21. The van der Waals surface area contributed by atoms with Gasteiger partial charge in [0.25, 0.3) is 5.91 Å². The van der Waals surface area contributed by atoms with Crippen molar-refractivity contribution in [3.63, 3.8) is 0 Å². The number of halogens is 1. The van der Waals surface area contributed by atoms with Gasteiger partial charge in [0.05, 0.1) is 7.11 Å². The Balaban J connectivity index is 2.67. The standard InChI is InChI=1S/C12H14ClNO3/c1-17-12(16)10(7-8-13)14-11(15)9-5-3-2-4-6-9/h2-6,10H,7-8H2,1H3,(H,14,15)/t10-/m0/s1. The molecule has 1 aromatic carbocycles. The second-order valence-electron chi connectivity index (χ2n) is 3.39. The third-order valence-corrected chi connectivity index (χ3v) is 2.44. The summed E-state index contributed by atoms with van der Waals surface area (Å²) in [5.74, 6) is -0.532. The second-order valence-corrected chi connectivity index (χ2v) is 3.77. The van der Waals surface area contributed by atoms with E-state index in [0.717, 1.165) is 0 Å². The lowest BCUT2D eigenvalue weighted by Crippen LogP contribution is -2.41. The number of alkyl halides is 1. The number of amides is 1. The number of benzene rings is 1. The van der Waals surface area contributed by atoms with Crippen molar-refractivity contribution in [2.45, 2.75) is 12.5 Å². The number of methoxy groups -OCH3 is 1. The van der Waals surface area contributed by atoms with Gasteiger partial charge >= 0.3 is 5.97 Å². The number of carbonyl (C=O) groups is 2. The summed E-state index contributed by atoms with van der Waals surface area (Å²) < 4.78 is 4.59. The van der Waals surface area contributed by atoms with Crippen LogP contribution in [0.15, 0.2) is 30.3 Å². The van der Waals surface area contributed by atoms with Gasteiger partial charge in [0.2, 0.25) is 0 Å². The lowest BCUT2D eigenvalue weighted by Gasteiger charge is -2.15. The monoisotopic (exact) mass is 255 g/mol. The van der Waals surface area contributed by atoms with Gasteiger partial charge in [-0.1, -0.05) is 18.2 Å². The summed E-state index contributed by atoms with van der Waals surface area (Å²) in [7, 11) is 1.28.